The normalized spacial score (nSPS) is 15.7. The molecular weight excluding hydrogens is 494 g/mol. The van der Waals surface area contributed by atoms with Crippen LogP contribution in [0.5, 0.6) is 5.75 Å². The zero-order valence-electron chi connectivity index (χ0n) is 22.5. The van der Waals surface area contributed by atoms with E-state index in [1.54, 1.807) is 28.0 Å². The molecule has 1 fully saturated rings. The molecule has 1 heterocycles. The lowest BCUT2D eigenvalue weighted by molar-refractivity contribution is -0.135. The van der Waals surface area contributed by atoms with Crippen LogP contribution in [0.4, 0.5) is 21.0 Å². The Morgan fingerprint density at radius 1 is 0.923 bits per heavy atom. The quantitative estimate of drug-likeness (QED) is 0.419. The number of methoxy groups -OCH3 is 1. The number of para-hydroxylation sites is 2. The summed E-state index contributed by atoms with van der Waals surface area (Å²) in [6.45, 7) is 5.02. The highest BCUT2D eigenvalue weighted by Gasteiger charge is 2.33. The molecule has 1 aliphatic rings. The maximum Gasteiger partial charge on any atom is 0.322 e. The summed E-state index contributed by atoms with van der Waals surface area (Å²) in [6.07, 6.45) is 0.335. The Morgan fingerprint density at radius 3 is 2.31 bits per heavy atom. The first-order valence-corrected chi connectivity index (χ1v) is 13.0. The van der Waals surface area contributed by atoms with Gasteiger partial charge in [0.05, 0.1) is 12.8 Å². The van der Waals surface area contributed by atoms with Crippen molar-refractivity contribution in [1.29, 1.82) is 0 Å². The van der Waals surface area contributed by atoms with Gasteiger partial charge in [-0.15, -0.1) is 0 Å². The number of nitrogens with zero attached hydrogens (tertiary/aromatic N) is 2. The van der Waals surface area contributed by atoms with E-state index < -0.39 is 12.1 Å². The average molecular weight is 530 g/mol. The number of carbonyl (C=O) groups is 3. The van der Waals surface area contributed by atoms with Gasteiger partial charge in [0.2, 0.25) is 5.91 Å². The lowest BCUT2D eigenvalue weighted by Gasteiger charge is -2.41. The van der Waals surface area contributed by atoms with Crippen LogP contribution < -0.4 is 20.7 Å². The van der Waals surface area contributed by atoms with E-state index in [1.165, 1.54) is 7.11 Å². The standard InChI is InChI=1S/C30H35N5O4/c1-21-13-15-24(16-14-21)31-30(38)35-18-17-34(20-22(35)2)28(36)26(19-23-9-5-4-6-10-23)33-29(37)32-25-11-7-8-12-27(25)39-3/h4-16,22,26H,17-20H2,1-3H3,(H,31,38)(H2,32,33,37). The first-order valence-electron chi connectivity index (χ1n) is 13.0. The summed E-state index contributed by atoms with van der Waals surface area (Å²) in [4.78, 5) is 43.0. The number of piperazine rings is 1. The van der Waals surface area contributed by atoms with Crippen molar-refractivity contribution in [1.82, 2.24) is 15.1 Å². The zero-order valence-corrected chi connectivity index (χ0v) is 22.5. The third kappa shape index (κ3) is 7.28. The minimum atomic E-state index is -0.790. The molecule has 1 saturated heterocycles. The molecule has 2 unspecified atom stereocenters. The maximum atomic E-state index is 13.7. The summed E-state index contributed by atoms with van der Waals surface area (Å²) < 4.78 is 5.32. The van der Waals surface area contributed by atoms with Gasteiger partial charge >= 0.3 is 12.1 Å². The van der Waals surface area contributed by atoms with Crippen LogP contribution in [0.1, 0.15) is 18.1 Å². The summed E-state index contributed by atoms with van der Waals surface area (Å²) in [5.41, 5.74) is 3.27. The van der Waals surface area contributed by atoms with Crippen molar-refractivity contribution in [3.63, 3.8) is 0 Å². The maximum absolute atomic E-state index is 13.7. The van der Waals surface area contributed by atoms with E-state index in [1.807, 2.05) is 74.5 Å². The first-order chi connectivity index (χ1) is 18.8. The molecule has 39 heavy (non-hydrogen) atoms. The smallest absolute Gasteiger partial charge is 0.322 e. The molecule has 0 spiro atoms. The summed E-state index contributed by atoms with van der Waals surface area (Å²) >= 11 is 0. The summed E-state index contributed by atoms with van der Waals surface area (Å²) in [6, 6.07) is 22.6. The van der Waals surface area contributed by atoms with Gasteiger partial charge in [-0.25, -0.2) is 9.59 Å². The average Bonchev–Trinajstić information content (AvgIpc) is 2.94. The van der Waals surface area contributed by atoms with Gasteiger partial charge in [0, 0.05) is 37.8 Å². The number of ether oxygens (including phenoxy) is 1. The van der Waals surface area contributed by atoms with Crippen molar-refractivity contribution in [2.45, 2.75) is 32.4 Å². The van der Waals surface area contributed by atoms with Crippen LogP contribution in [-0.2, 0) is 11.2 Å². The van der Waals surface area contributed by atoms with Gasteiger partial charge in [-0.05, 0) is 43.7 Å². The van der Waals surface area contributed by atoms with Gasteiger partial charge in [0.1, 0.15) is 11.8 Å². The molecule has 204 valence electrons. The molecule has 4 rings (SSSR count). The Kier molecular flexibility index (Phi) is 9.04. The van der Waals surface area contributed by atoms with Gasteiger partial charge in [0.15, 0.2) is 0 Å². The van der Waals surface area contributed by atoms with E-state index in [9.17, 15) is 14.4 Å². The van der Waals surface area contributed by atoms with E-state index in [4.69, 9.17) is 4.74 Å². The molecule has 3 N–H and O–H groups in total. The van der Waals surface area contributed by atoms with Crippen molar-refractivity contribution < 1.29 is 19.1 Å². The number of rotatable bonds is 7. The van der Waals surface area contributed by atoms with Crippen LogP contribution in [0.25, 0.3) is 0 Å². The fraction of sp³-hybridized carbons (Fsp3) is 0.300. The van der Waals surface area contributed by atoms with Crippen LogP contribution >= 0.6 is 0 Å². The number of carbonyl (C=O) groups excluding carboxylic acids is 3. The molecule has 3 aromatic carbocycles. The van der Waals surface area contributed by atoms with Crippen LogP contribution in [0, 0.1) is 6.92 Å². The van der Waals surface area contributed by atoms with E-state index >= 15 is 0 Å². The Balaban J connectivity index is 1.42. The molecule has 1 aliphatic heterocycles. The van der Waals surface area contributed by atoms with Crippen molar-refractivity contribution >= 4 is 29.3 Å². The predicted molar refractivity (Wildman–Crippen MR) is 152 cm³/mol. The molecule has 9 heteroatoms. The Morgan fingerprint density at radius 2 is 1.62 bits per heavy atom. The minimum absolute atomic E-state index is 0.195. The van der Waals surface area contributed by atoms with Crippen LogP contribution in [-0.4, -0.2) is 66.6 Å². The molecule has 0 bridgehead atoms. The zero-order chi connectivity index (χ0) is 27.8. The van der Waals surface area contributed by atoms with E-state index in [-0.39, 0.29) is 18.0 Å². The van der Waals surface area contributed by atoms with Crippen molar-refractivity contribution in [3.05, 3.63) is 90.0 Å². The third-order valence-corrected chi connectivity index (χ3v) is 6.74. The molecule has 0 saturated carbocycles. The molecule has 2 atom stereocenters. The molecule has 5 amide bonds. The Hall–Kier alpha value is -4.53. The fourth-order valence-corrected chi connectivity index (χ4v) is 4.63. The second kappa shape index (κ2) is 12.8. The van der Waals surface area contributed by atoms with Crippen LogP contribution in [0.15, 0.2) is 78.9 Å². The van der Waals surface area contributed by atoms with E-state index in [0.29, 0.717) is 37.5 Å². The van der Waals surface area contributed by atoms with E-state index in [2.05, 4.69) is 16.0 Å². The molecule has 0 radical (unpaired) electrons. The second-order valence-corrected chi connectivity index (χ2v) is 9.66. The molecule has 3 aromatic rings. The lowest BCUT2D eigenvalue weighted by atomic mass is 10.0. The number of hydrogen-bond acceptors (Lipinski definition) is 4. The largest absolute Gasteiger partial charge is 0.495 e. The fourth-order valence-electron chi connectivity index (χ4n) is 4.63. The first kappa shape index (κ1) is 27.5. The SMILES string of the molecule is COc1ccccc1NC(=O)NC(Cc1ccccc1)C(=O)N1CCN(C(=O)Nc2ccc(C)cc2)C(C)C1. The number of benzene rings is 3. The molecule has 0 aromatic heterocycles. The van der Waals surface area contributed by atoms with E-state index in [0.717, 1.165) is 16.8 Å². The molecular formula is C30H35N5O4. The summed E-state index contributed by atoms with van der Waals surface area (Å²) in [7, 11) is 1.53. The topological polar surface area (TPSA) is 103 Å². The number of nitrogens with one attached hydrogen (secondary N) is 3. The highest BCUT2D eigenvalue weighted by molar-refractivity contribution is 5.95. The van der Waals surface area contributed by atoms with Gasteiger partial charge in [-0.3, -0.25) is 4.79 Å². The van der Waals surface area contributed by atoms with Gasteiger partial charge < -0.3 is 30.5 Å². The molecule has 0 aliphatic carbocycles. The third-order valence-electron chi connectivity index (χ3n) is 6.74. The van der Waals surface area contributed by atoms with Crippen LogP contribution in [0.3, 0.4) is 0 Å². The number of urea groups is 2. The number of amides is 5. The highest BCUT2D eigenvalue weighted by Crippen LogP contribution is 2.23. The van der Waals surface area contributed by atoms with Crippen LogP contribution in [0.2, 0.25) is 0 Å². The van der Waals surface area contributed by atoms with Gasteiger partial charge in [-0.2, -0.15) is 0 Å². The van der Waals surface area contributed by atoms with Gasteiger partial charge in [0.25, 0.3) is 0 Å². The Labute approximate surface area is 229 Å². The lowest BCUT2D eigenvalue weighted by Crippen LogP contribution is -2.60. The van der Waals surface area contributed by atoms with Gasteiger partial charge in [-0.1, -0.05) is 60.2 Å². The Bertz CT molecular complexity index is 1280. The van der Waals surface area contributed by atoms with Crippen molar-refractivity contribution in [2.24, 2.45) is 0 Å². The second-order valence-electron chi connectivity index (χ2n) is 9.66. The number of aryl methyl sites for hydroxylation is 1. The molecule has 9 nitrogen and oxygen atoms in total. The minimum Gasteiger partial charge on any atom is -0.495 e. The highest BCUT2D eigenvalue weighted by atomic mass is 16.5. The summed E-state index contributed by atoms with van der Waals surface area (Å²) in [5.74, 6) is 0.326. The summed E-state index contributed by atoms with van der Waals surface area (Å²) in [5, 5.41) is 8.58. The monoisotopic (exact) mass is 529 g/mol. The predicted octanol–water partition coefficient (Wildman–Crippen LogP) is 4.50. The number of anilines is 2. The van der Waals surface area contributed by atoms with Crippen molar-refractivity contribution in [2.75, 3.05) is 37.4 Å². The number of hydrogen-bond donors (Lipinski definition) is 3. The van der Waals surface area contributed by atoms with Crippen molar-refractivity contribution in [3.8, 4) is 5.75 Å².